The zero-order chi connectivity index (χ0) is 12.5. The number of aryl methyl sites for hydroxylation is 1. The first kappa shape index (κ1) is 11.8. The first-order valence-corrected chi connectivity index (χ1v) is 6.10. The van der Waals surface area contributed by atoms with E-state index in [1.165, 1.54) is 0 Å². The number of rotatable bonds is 3. The van der Waals surface area contributed by atoms with Crippen LogP contribution in [0.3, 0.4) is 0 Å². The van der Waals surface area contributed by atoms with Crippen molar-refractivity contribution in [2.75, 3.05) is 5.48 Å². The van der Waals surface area contributed by atoms with Gasteiger partial charge in [-0.15, -0.1) is 4.28 Å². The van der Waals surface area contributed by atoms with E-state index in [1.54, 1.807) is 12.1 Å². The largest absolute Gasteiger partial charge is 0.418 e. The number of para-hydroxylation sites is 1. The maximum absolute atomic E-state index is 10.4. The van der Waals surface area contributed by atoms with E-state index in [-0.39, 0.29) is 5.82 Å². The van der Waals surface area contributed by atoms with Crippen molar-refractivity contribution < 1.29 is 17.3 Å². The molecule has 0 bridgehead atoms. The van der Waals surface area contributed by atoms with Crippen molar-refractivity contribution in [1.29, 1.82) is 0 Å². The fourth-order valence-electron chi connectivity index (χ4n) is 1.50. The summed E-state index contributed by atoms with van der Waals surface area (Å²) < 4.78 is 33.2. The molecular formula is C10H10N2O4S. The van der Waals surface area contributed by atoms with E-state index in [0.717, 1.165) is 10.9 Å². The van der Waals surface area contributed by atoms with Crippen LogP contribution in [-0.4, -0.2) is 18.0 Å². The first-order chi connectivity index (χ1) is 7.96. The predicted molar refractivity (Wildman–Crippen MR) is 62.7 cm³/mol. The highest BCUT2D eigenvalue weighted by Gasteiger charge is 2.07. The molecule has 0 aliphatic carbocycles. The van der Waals surface area contributed by atoms with Gasteiger partial charge in [0.05, 0.1) is 5.52 Å². The average Bonchev–Trinajstić information content (AvgIpc) is 2.26. The van der Waals surface area contributed by atoms with Gasteiger partial charge in [-0.2, -0.15) is 8.42 Å². The van der Waals surface area contributed by atoms with E-state index in [1.807, 2.05) is 25.1 Å². The Morgan fingerprint density at radius 1 is 1.35 bits per heavy atom. The van der Waals surface area contributed by atoms with Crippen LogP contribution in [0.2, 0.25) is 0 Å². The van der Waals surface area contributed by atoms with Crippen LogP contribution in [0.5, 0.6) is 0 Å². The molecule has 1 aromatic carbocycles. The zero-order valence-electron chi connectivity index (χ0n) is 8.91. The van der Waals surface area contributed by atoms with E-state index < -0.39 is 10.4 Å². The first-order valence-electron chi connectivity index (χ1n) is 4.74. The molecule has 1 aromatic heterocycles. The summed E-state index contributed by atoms with van der Waals surface area (Å²) in [7, 11) is -4.54. The van der Waals surface area contributed by atoms with Crippen LogP contribution in [0.4, 0.5) is 5.82 Å². The lowest BCUT2D eigenvalue weighted by Crippen LogP contribution is -2.10. The molecule has 0 aliphatic heterocycles. The van der Waals surface area contributed by atoms with Crippen molar-refractivity contribution in [3.05, 3.63) is 35.9 Å². The van der Waals surface area contributed by atoms with E-state index in [9.17, 15) is 8.42 Å². The summed E-state index contributed by atoms with van der Waals surface area (Å²) in [6.07, 6.45) is 0. The molecule has 2 rings (SSSR count). The molecule has 90 valence electrons. The second kappa shape index (κ2) is 4.28. The van der Waals surface area contributed by atoms with Crippen molar-refractivity contribution in [3.63, 3.8) is 0 Å². The average molecular weight is 254 g/mol. The minimum absolute atomic E-state index is 0.207. The summed E-state index contributed by atoms with van der Waals surface area (Å²) >= 11 is 0. The topological polar surface area (TPSA) is 88.5 Å². The van der Waals surface area contributed by atoms with Crippen molar-refractivity contribution in [3.8, 4) is 0 Å². The molecule has 2 N–H and O–H groups in total. The van der Waals surface area contributed by atoms with Crippen LogP contribution < -0.4 is 5.48 Å². The molecule has 6 nitrogen and oxygen atoms in total. The molecule has 7 heteroatoms. The molecule has 0 spiro atoms. The quantitative estimate of drug-likeness (QED) is 0.640. The minimum atomic E-state index is -4.54. The molecule has 1 heterocycles. The van der Waals surface area contributed by atoms with Crippen LogP contribution in [0.25, 0.3) is 10.9 Å². The summed E-state index contributed by atoms with van der Waals surface area (Å²) in [6, 6.07) is 9.03. The smallest absolute Gasteiger partial charge is 0.262 e. The predicted octanol–water partition coefficient (Wildman–Crippen LogP) is 1.69. The Morgan fingerprint density at radius 3 is 2.76 bits per heavy atom. The number of aromatic nitrogens is 1. The van der Waals surface area contributed by atoms with Crippen molar-refractivity contribution in [2.24, 2.45) is 0 Å². The normalized spacial score (nSPS) is 11.6. The van der Waals surface area contributed by atoms with E-state index in [4.69, 9.17) is 4.55 Å². The van der Waals surface area contributed by atoms with Gasteiger partial charge in [-0.3, -0.25) is 4.55 Å². The highest BCUT2D eigenvalue weighted by molar-refractivity contribution is 7.80. The molecule has 0 saturated heterocycles. The number of hydrogen-bond donors (Lipinski definition) is 2. The summed E-state index contributed by atoms with van der Waals surface area (Å²) in [5.41, 5.74) is 3.69. The number of pyridine rings is 1. The van der Waals surface area contributed by atoms with E-state index in [0.29, 0.717) is 5.52 Å². The van der Waals surface area contributed by atoms with Gasteiger partial charge in [0.15, 0.2) is 5.82 Å². The minimum Gasteiger partial charge on any atom is -0.262 e. The third kappa shape index (κ3) is 2.90. The molecular weight excluding hydrogens is 244 g/mol. The summed E-state index contributed by atoms with van der Waals surface area (Å²) in [5, 5.41) is 0.963. The number of hydrogen-bond acceptors (Lipinski definition) is 5. The Bertz CT molecular complexity index is 654. The Labute approximate surface area is 98.2 Å². The summed E-state index contributed by atoms with van der Waals surface area (Å²) in [6.45, 7) is 1.86. The molecule has 0 saturated carbocycles. The zero-order valence-corrected chi connectivity index (χ0v) is 9.73. The highest BCUT2D eigenvalue weighted by atomic mass is 32.3. The molecule has 2 aromatic rings. The maximum Gasteiger partial charge on any atom is 0.418 e. The number of nitrogens with zero attached hydrogens (tertiary/aromatic N) is 1. The fourth-order valence-corrected chi connectivity index (χ4v) is 1.69. The molecule has 0 fully saturated rings. The van der Waals surface area contributed by atoms with Gasteiger partial charge in [-0.25, -0.2) is 10.5 Å². The van der Waals surface area contributed by atoms with Crippen molar-refractivity contribution in [1.82, 2.24) is 4.98 Å². The maximum atomic E-state index is 10.4. The summed E-state index contributed by atoms with van der Waals surface area (Å²) in [5.74, 6) is 0.207. The van der Waals surface area contributed by atoms with Gasteiger partial charge in [0.1, 0.15) is 0 Å². The van der Waals surface area contributed by atoms with Crippen LogP contribution in [-0.2, 0) is 14.7 Å². The molecule has 0 unspecified atom stereocenters. The molecule has 0 amide bonds. The lowest BCUT2D eigenvalue weighted by atomic mass is 10.1. The third-order valence-electron chi connectivity index (χ3n) is 2.17. The van der Waals surface area contributed by atoms with Gasteiger partial charge in [-0.05, 0) is 24.6 Å². The second-order valence-electron chi connectivity index (χ2n) is 3.45. The Hall–Kier alpha value is -1.70. The molecule has 0 aliphatic rings. The van der Waals surface area contributed by atoms with Crippen molar-refractivity contribution in [2.45, 2.75) is 6.92 Å². The van der Waals surface area contributed by atoms with Gasteiger partial charge >= 0.3 is 10.4 Å². The fraction of sp³-hybridized carbons (Fsp3) is 0.100. The van der Waals surface area contributed by atoms with Crippen LogP contribution in [0.1, 0.15) is 5.56 Å². The van der Waals surface area contributed by atoms with Crippen LogP contribution in [0.15, 0.2) is 30.3 Å². The lowest BCUT2D eigenvalue weighted by Gasteiger charge is -2.06. The van der Waals surface area contributed by atoms with Crippen LogP contribution >= 0.6 is 0 Å². The molecule has 0 atom stereocenters. The Morgan fingerprint density at radius 2 is 2.06 bits per heavy atom. The van der Waals surface area contributed by atoms with E-state index >= 15 is 0 Å². The lowest BCUT2D eigenvalue weighted by molar-refractivity contribution is 0.319. The Balaban J connectivity index is 2.37. The highest BCUT2D eigenvalue weighted by Crippen LogP contribution is 2.19. The second-order valence-corrected chi connectivity index (χ2v) is 4.48. The number of anilines is 1. The third-order valence-corrected chi connectivity index (χ3v) is 2.47. The SMILES string of the molecule is Cc1cc(NOS(=O)(=O)O)nc2ccccc12. The molecule has 17 heavy (non-hydrogen) atoms. The van der Waals surface area contributed by atoms with Gasteiger partial charge in [-0.1, -0.05) is 18.2 Å². The van der Waals surface area contributed by atoms with Gasteiger partial charge in [0, 0.05) is 5.39 Å². The van der Waals surface area contributed by atoms with Crippen molar-refractivity contribution >= 4 is 27.1 Å². The van der Waals surface area contributed by atoms with Gasteiger partial charge in [0.2, 0.25) is 0 Å². The monoisotopic (exact) mass is 254 g/mol. The number of benzene rings is 1. The van der Waals surface area contributed by atoms with Gasteiger partial charge in [0.25, 0.3) is 0 Å². The standard InChI is InChI=1S/C10H10N2O4S/c1-7-6-10(12-16-17(13,14)15)11-9-5-3-2-4-8(7)9/h2-6H,1H3,(H,11,12)(H,13,14,15). The Kier molecular flexibility index (Phi) is 2.97. The number of fused-ring (bicyclic) bond motifs is 1. The summed E-state index contributed by atoms with van der Waals surface area (Å²) in [4.78, 5) is 4.13. The van der Waals surface area contributed by atoms with Crippen LogP contribution in [0, 0.1) is 6.92 Å². The number of nitrogens with one attached hydrogen (secondary N) is 1. The van der Waals surface area contributed by atoms with E-state index in [2.05, 4.69) is 14.7 Å². The van der Waals surface area contributed by atoms with Gasteiger partial charge < -0.3 is 0 Å². The molecule has 0 radical (unpaired) electrons.